The lowest BCUT2D eigenvalue weighted by molar-refractivity contribution is -0.139. The third-order valence-corrected chi connectivity index (χ3v) is 2.21. The standard InChI is InChI=1S/C10H14N2O2/c1-6-7(2)11-9(12-8(6)3)5-10(13)14-4/h5H2,1-4H3. The molecule has 76 valence electrons. The van der Waals surface area contributed by atoms with Crippen LogP contribution in [0.1, 0.15) is 22.8 Å². The first-order chi connectivity index (χ1) is 6.54. The minimum absolute atomic E-state index is 0.137. The molecule has 4 nitrogen and oxygen atoms in total. The fraction of sp³-hybridized carbons (Fsp3) is 0.500. The second-order valence-corrected chi connectivity index (χ2v) is 3.19. The van der Waals surface area contributed by atoms with Crippen LogP contribution in [0.25, 0.3) is 0 Å². The van der Waals surface area contributed by atoms with Crippen molar-refractivity contribution in [1.29, 1.82) is 0 Å². The number of nitrogens with zero attached hydrogens (tertiary/aromatic N) is 2. The minimum Gasteiger partial charge on any atom is -0.469 e. The number of aromatic nitrogens is 2. The number of carbonyl (C=O) groups excluding carboxylic acids is 1. The first kappa shape index (κ1) is 10.6. The molecular weight excluding hydrogens is 180 g/mol. The molecule has 0 saturated carbocycles. The molecule has 0 aliphatic rings. The molecule has 1 rings (SSSR count). The van der Waals surface area contributed by atoms with Gasteiger partial charge in [-0.05, 0) is 26.3 Å². The van der Waals surface area contributed by atoms with Gasteiger partial charge in [0.2, 0.25) is 0 Å². The summed E-state index contributed by atoms with van der Waals surface area (Å²) in [6, 6.07) is 0. The number of hydrogen-bond acceptors (Lipinski definition) is 4. The second-order valence-electron chi connectivity index (χ2n) is 3.19. The van der Waals surface area contributed by atoms with Gasteiger partial charge in [-0.3, -0.25) is 4.79 Å². The Kier molecular flexibility index (Phi) is 3.17. The number of ether oxygens (including phenoxy) is 1. The van der Waals surface area contributed by atoms with Gasteiger partial charge in [0, 0.05) is 11.4 Å². The third kappa shape index (κ3) is 2.28. The summed E-state index contributed by atoms with van der Waals surface area (Å²) < 4.78 is 4.55. The van der Waals surface area contributed by atoms with E-state index in [4.69, 9.17) is 0 Å². The summed E-state index contributed by atoms with van der Waals surface area (Å²) in [6.07, 6.45) is 0.137. The zero-order chi connectivity index (χ0) is 10.7. The molecule has 0 saturated heterocycles. The predicted octanol–water partition coefficient (Wildman–Crippen LogP) is 1.12. The normalized spacial score (nSPS) is 10.0. The van der Waals surface area contributed by atoms with Crippen LogP contribution in [0.2, 0.25) is 0 Å². The van der Waals surface area contributed by atoms with Crippen LogP contribution < -0.4 is 0 Å². The van der Waals surface area contributed by atoms with E-state index in [0.29, 0.717) is 5.82 Å². The van der Waals surface area contributed by atoms with Crippen molar-refractivity contribution in [2.75, 3.05) is 7.11 Å². The molecule has 0 N–H and O–H groups in total. The maximum Gasteiger partial charge on any atom is 0.313 e. The maximum absolute atomic E-state index is 11.0. The van der Waals surface area contributed by atoms with Crippen molar-refractivity contribution in [2.24, 2.45) is 0 Å². The van der Waals surface area contributed by atoms with E-state index in [1.807, 2.05) is 20.8 Å². The zero-order valence-electron chi connectivity index (χ0n) is 8.92. The highest BCUT2D eigenvalue weighted by Gasteiger charge is 2.08. The van der Waals surface area contributed by atoms with Crippen molar-refractivity contribution < 1.29 is 9.53 Å². The summed E-state index contributed by atoms with van der Waals surface area (Å²) >= 11 is 0. The van der Waals surface area contributed by atoms with Crippen LogP contribution in [0.4, 0.5) is 0 Å². The summed E-state index contributed by atoms with van der Waals surface area (Å²) in [5.74, 6) is 0.213. The van der Waals surface area contributed by atoms with E-state index in [0.717, 1.165) is 17.0 Å². The van der Waals surface area contributed by atoms with Crippen LogP contribution in [0, 0.1) is 20.8 Å². The SMILES string of the molecule is COC(=O)Cc1nc(C)c(C)c(C)n1. The molecule has 0 aliphatic carbocycles. The van der Waals surface area contributed by atoms with Gasteiger partial charge < -0.3 is 4.74 Å². The molecule has 0 spiro atoms. The van der Waals surface area contributed by atoms with E-state index < -0.39 is 0 Å². The Balaban J connectivity index is 2.95. The van der Waals surface area contributed by atoms with Gasteiger partial charge in [0.1, 0.15) is 12.2 Å². The molecule has 0 atom stereocenters. The van der Waals surface area contributed by atoms with Crippen LogP contribution in [0.15, 0.2) is 0 Å². The molecule has 14 heavy (non-hydrogen) atoms. The van der Waals surface area contributed by atoms with Gasteiger partial charge in [0.15, 0.2) is 0 Å². The first-order valence-electron chi connectivity index (χ1n) is 4.42. The van der Waals surface area contributed by atoms with Crippen molar-refractivity contribution >= 4 is 5.97 Å². The summed E-state index contributed by atoms with van der Waals surface area (Å²) in [7, 11) is 1.36. The highest BCUT2D eigenvalue weighted by molar-refractivity contribution is 5.71. The van der Waals surface area contributed by atoms with E-state index in [1.54, 1.807) is 0 Å². The van der Waals surface area contributed by atoms with Crippen molar-refractivity contribution in [1.82, 2.24) is 9.97 Å². The van der Waals surface area contributed by atoms with Crippen molar-refractivity contribution in [3.05, 3.63) is 22.8 Å². The fourth-order valence-electron chi connectivity index (χ4n) is 1.12. The monoisotopic (exact) mass is 194 g/mol. The minimum atomic E-state index is -0.312. The molecule has 0 radical (unpaired) electrons. The molecule has 0 fully saturated rings. The molecule has 0 aliphatic heterocycles. The Hall–Kier alpha value is -1.45. The molecular formula is C10H14N2O2. The smallest absolute Gasteiger partial charge is 0.313 e. The van der Waals surface area contributed by atoms with Crippen LogP contribution in [-0.4, -0.2) is 23.0 Å². The average Bonchev–Trinajstić information content (AvgIpc) is 2.14. The highest BCUT2D eigenvalue weighted by Crippen LogP contribution is 2.08. The lowest BCUT2D eigenvalue weighted by Crippen LogP contribution is -2.10. The van der Waals surface area contributed by atoms with E-state index in [2.05, 4.69) is 14.7 Å². The number of carbonyl (C=O) groups is 1. The van der Waals surface area contributed by atoms with Gasteiger partial charge >= 0.3 is 5.97 Å². The van der Waals surface area contributed by atoms with Gasteiger partial charge in [-0.25, -0.2) is 9.97 Å². The van der Waals surface area contributed by atoms with E-state index in [-0.39, 0.29) is 12.4 Å². The molecule has 0 amide bonds. The van der Waals surface area contributed by atoms with Gasteiger partial charge in [0.05, 0.1) is 7.11 Å². The van der Waals surface area contributed by atoms with E-state index in [9.17, 15) is 4.79 Å². The molecule has 1 aromatic rings. The van der Waals surface area contributed by atoms with E-state index >= 15 is 0 Å². The van der Waals surface area contributed by atoms with Crippen LogP contribution >= 0.6 is 0 Å². The molecule has 1 aromatic heterocycles. The number of hydrogen-bond donors (Lipinski definition) is 0. The average molecular weight is 194 g/mol. The predicted molar refractivity (Wildman–Crippen MR) is 52.0 cm³/mol. The van der Waals surface area contributed by atoms with E-state index in [1.165, 1.54) is 7.11 Å². The van der Waals surface area contributed by atoms with Gasteiger partial charge in [-0.15, -0.1) is 0 Å². The molecule has 0 bridgehead atoms. The second kappa shape index (κ2) is 4.17. The van der Waals surface area contributed by atoms with Crippen LogP contribution in [-0.2, 0) is 16.0 Å². The van der Waals surface area contributed by atoms with Crippen LogP contribution in [0.3, 0.4) is 0 Å². The van der Waals surface area contributed by atoms with Crippen molar-refractivity contribution in [3.8, 4) is 0 Å². The fourth-order valence-corrected chi connectivity index (χ4v) is 1.12. The molecule has 1 heterocycles. The lowest BCUT2D eigenvalue weighted by Gasteiger charge is -2.05. The molecule has 4 heteroatoms. The Morgan fingerprint density at radius 2 is 1.71 bits per heavy atom. The zero-order valence-corrected chi connectivity index (χ0v) is 8.92. The first-order valence-corrected chi connectivity index (χ1v) is 4.42. The quantitative estimate of drug-likeness (QED) is 0.662. The maximum atomic E-state index is 11.0. The number of rotatable bonds is 2. The van der Waals surface area contributed by atoms with Crippen molar-refractivity contribution in [2.45, 2.75) is 27.2 Å². The Morgan fingerprint density at radius 3 is 2.14 bits per heavy atom. The van der Waals surface area contributed by atoms with Crippen molar-refractivity contribution in [3.63, 3.8) is 0 Å². The number of aryl methyl sites for hydroxylation is 2. The summed E-state index contributed by atoms with van der Waals surface area (Å²) in [5, 5.41) is 0. The largest absolute Gasteiger partial charge is 0.469 e. The van der Waals surface area contributed by atoms with Gasteiger partial charge in [0.25, 0.3) is 0 Å². The Morgan fingerprint density at radius 1 is 1.21 bits per heavy atom. The third-order valence-electron chi connectivity index (χ3n) is 2.21. The summed E-state index contributed by atoms with van der Waals surface area (Å²) in [5.41, 5.74) is 2.89. The topological polar surface area (TPSA) is 52.1 Å². The highest BCUT2D eigenvalue weighted by atomic mass is 16.5. The van der Waals surface area contributed by atoms with Gasteiger partial charge in [-0.1, -0.05) is 0 Å². The number of methoxy groups -OCH3 is 1. The molecule has 0 unspecified atom stereocenters. The van der Waals surface area contributed by atoms with Gasteiger partial charge in [-0.2, -0.15) is 0 Å². The lowest BCUT2D eigenvalue weighted by atomic mass is 10.2. The van der Waals surface area contributed by atoms with Crippen LogP contribution in [0.5, 0.6) is 0 Å². The number of esters is 1. The summed E-state index contributed by atoms with van der Waals surface area (Å²) in [6.45, 7) is 5.78. The molecule has 0 aromatic carbocycles. The Bertz CT molecular complexity index is 338. The Labute approximate surface area is 83.3 Å². The summed E-state index contributed by atoms with van der Waals surface area (Å²) in [4.78, 5) is 19.4.